The molecule has 0 aliphatic rings. The first-order valence-corrected chi connectivity index (χ1v) is 6.55. The molecule has 1 aromatic rings. The fourth-order valence-electron chi connectivity index (χ4n) is 1.87. The standard InChI is InChI=1S/C15H21NO3/c1-11(2)10-13(15(18)19)16-9-8-14(17)12-6-4-3-5-7-12/h3-7,11,13,16H,8-10H2,1-2H3,(H,18,19)/t13-/m0/s1. The van der Waals surface area contributed by atoms with Crippen LogP contribution in [0.15, 0.2) is 30.3 Å². The Morgan fingerprint density at radius 1 is 1.21 bits per heavy atom. The number of carbonyl (C=O) groups is 2. The van der Waals surface area contributed by atoms with Crippen LogP contribution >= 0.6 is 0 Å². The summed E-state index contributed by atoms with van der Waals surface area (Å²) in [5, 5.41) is 12.0. The molecule has 0 heterocycles. The maximum atomic E-state index is 11.8. The maximum absolute atomic E-state index is 11.8. The van der Waals surface area contributed by atoms with Crippen LogP contribution in [0.2, 0.25) is 0 Å². The second kappa shape index (κ2) is 7.69. The van der Waals surface area contributed by atoms with Gasteiger partial charge in [-0.3, -0.25) is 9.59 Å². The minimum Gasteiger partial charge on any atom is -0.480 e. The predicted octanol–water partition coefficient (Wildman–Crippen LogP) is 2.35. The number of nitrogens with one attached hydrogen (secondary N) is 1. The Kier molecular flexibility index (Phi) is 6.22. The van der Waals surface area contributed by atoms with Crippen molar-refractivity contribution in [2.45, 2.75) is 32.7 Å². The average Bonchev–Trinajstić information content (AvgIpc) is 2.37. The smallest absolute Gasteiger partial charge is 0.320 e. The quantitative estimate of drug-likeness (QED) is 0.706. The maximum Gasteiger partial charge on any atom is 0.320 e. The van der Waals surface area contributed by atoms with Crippen molar-refractivity contribution < 1.29 is 14.7 Å². The highest BCUT2D eigenvalue weighted by Crippen LogP contribution is 2.06. The van der Waals surface area contributed by atoms with Crippen LogP contribution in [0, 0.1) is 5.92 Å². The minimum absolute atomic E-state index is 0.0294. The Labute approximate surface area is 113 Å². The van der Waals surface area contributed by atoms with Crippen LogP contribution in [0.4, 0.5) is 0 Å². The van der Waals surface area contributed by atoms with E-state index in [4.69, 9.17) is 5.11 Å². The number of Topliss-reactive ketones (excluding diaryl/α,β-unsaturated/α-hetero) is 1. The molecule has 4 heteroatoms. The highest BCUT2D eigenvalue weighted by Gasteiger charge is 2.18. The van der Waals surface area contributed by atoms with E-state index < -0.39 is 12.0 Å². The molecule has 0 aliphatic heterocycles. The normalized spacial score (nSPS) is 12.4. The lowest BCUT2D eigenvalue weighted by Gasteiger charge is -2.16. The third-order valence-corrected chi connectivity index (χ3v) is 2.84. The van der Waals surface area contributed by atoms with Crippen LogP contribution in [0.5, 0.6) is 0 Å². The van der Waals surface area contributed by atoms with Gasteiger partial charge in [0.05, 0.1) is 0 Å². The summed E-state index contributed by atoms with van der Waals surface area (Å²) in [4.78, 5) is 22.9. The fourth-order valence-corrected chi connectivity index (χ4v) is 1.87. The Morgan fingerprint density at radius 3 is 2.37 bits per heavy atom. The molecule has 1 atom stereocenters. The van der Waals surface area contributed by atoms with Gasteiger partial charge in [-0.2, -0.15) is 0 Å². The van der Waals surface area contributed by atoms with Gasteiger partial charge in [0.2, 0.25) is 0 Å². The van der Waals surface area contributed by atoms with Gasteiger partial charge in [-0.1, -0.05) is 44.2 Å². The van der Waals surface area contributed by atoms with Gasteiger partial charge in [0.1, 0.15) is 6.04 Å². The SMILES string of the molecule is CC(C)C[C@H](NCCC(=O)c1ccccc1)C(=O)O. The van der Waals surface area contributed by atoms with Gasteiger partial charge in [-0.05, 0) is 12.3 Å². The number of rotatable bonds is 8. The van der Waals surface area contributed by atoms with Crippen LogP contribution < -0.4 is 5.32 Å². The second-order valence-corrected chi connectivity index (χ2v) is 5.01. The molecule has 0 spiro atoms. The average molecular weight is 263 g/mol. The largest absolute Gasteiger partial charge is 0.480 e. The Hall–Kier alpha value is -1.68. The zero-order valence-electron chi connectivity index (χ0n) is 11.4. The van der Waals surface area contributed by atoms with Crippen LogP contribution in [0.1, 0.15) is 37.0 Å². The lowest BCUT2D eigenvalue weighted by atomic mass is 10.0. The third kappa shape index (κ3) is 5.66. The van der Waals surface area contributed by atoms with E-state index in [2.05, 4.69) is 5.32 Å². The summed E-state index contributed by atoms with van der Waals surface area (Å²) >= 11 is 0. The monoisotopic (exact) mass is 263 g/mol. The van der Waals surface area contributed by atoms with Crippen LogP contribution in [0.25, 0.3) is 0 Å². The van der Waals surface area contributed by atoms with Crippen LogP contribution in [-0.4, -0.2) is 29.4 Å². The fraction of sp³-hybridized carbons (Fsp3) is 0.467. The molecular formula is C15H21NO3. The van der Waals surface area contributed by atoms with Gasteiger partial charge in [0.25, 0.3) is 0 Å². The Morgan fingerprint density at radius 2 is 1.84 bits per heavy atom. The van der Waals surface area contributed by atoms with Crippen LogP contribution in [0.3, 0.4) is 0 Å². The zero-order chi connectivity index (χ0) is 14.3. The first-order chi connectivity index (χ1) is 9.00. The lowest BCUT2D eigenvalue weighted by Crippen LogP contribution is -2.38. The summed E-state index contributed by atoms with van der Waals surface area (Å²) in [7, 11) is 0. The van der Waals surface area contributed by atoms with Crippen molar-refractivity contribution in [2.75, 3.05) is 6.54 Å². The van der Waals surface area contributed by atoms with Gasteiger partial charge in [-0.15, -0.1) is 0 Å². The Balaban J connectivity index is 2.40. The van der Waals surface area contributed by atoms with Crippen molar-refractivity contribution in [1.29, 1.82) is 0 Å². The molecule has 0 saturated carbocycles. The molecular weight excluding hydrogens is 242 g/mol. The van der Waals surface area contributed by atoms with Crippen LogP contribution in [-0.2, 0) is 4.79 Å². The molecule has 1 rings (SSSR count). The van der Waals surface area contributed by atoms with E-state index in [0.29, 0.717) is 30.9 Å². The Bertz CT molecular complexity index is 415. The van der Waals surface area contributed by atoms with Crippen molar-refractivity contribution in [3.05, 3.63) is 35.9 Å². The molecule has 1 aromatic carbocycles. The molecule has 0 unspecified atom stereocenters. The molecule has 0 radical (unpaired) electrons. The highest BCUT2D eigenvalue weighted by molar-refractivity contribution is 5.96. The summed E-state index contributed by atoms with van der Waals surface area (Å²) in [5.74, 6) is -0.527. The topological polar surface area (TPSA) is 66.4 Å². The third-order valence-electron chi connectivity index (χ3n) is 2.84. The molecule has 0 amide bonds. The van der Waals surface area contributed by atoms with Gasteiger partial charge in [0.15, 0.2) is 5.78 Å². The zero-order valence-corrected chi connectivity index (χ0v) is 11.4. The number of ketones is 1. The number of carbonyl (C=O) groups excluding carboxylic acids is 1. The number of hydrogen-bond acceptors (Lipinski definition) is 3. The molecule has 0 bridgehead atoms. The van der Waals surface area contributed by atoms with Gasteiger partial charge >= 0.3 is 5.97 Å². The summed E-state index contributed by atoms with van der Waals surface area (Å²) in [6, 6.07) is 8.46. The molecule has 0 aliphatic carbocycles. The van der Waals surface area contributed by atoms with Crippen molar-refractivity contribution in [2.24, 2.45) is 5.92 Å². The van der Waals surface area contributed by atoms with E-state index >= 15 is 0 Å². The summed E-state index contributed by atoms with van der Waals surface area (Å²) in [6.45, 7) is 4.34. The van der Waals surface area contributed by atoms with Crippen molar-refractivity contribution in [1.82, 2.24) is 5.32 Å². The van der Waals surface area contributed by atoms with E-state index in [0.717, 1.165) is 0 Å². The summed E-state index contributed by atoms with van der Waals surface area (Å²) in [6.07, 6.45) is 0.876. The molecule has 0 saturated heterocycles. The molecule has 2 N–H and O–H groups in total. The molecule has 0 aromatic heterocycles. The van der Waals surface area contributed by atoms with E-state index in [1.165, 1.54) is 0 Å². The second-order valence-electron chi connectivity index (χ2n) is 5.01. The number of carboxylic acids is 1. The van der Waals surface area contributed by atoms with Gasteiger partial charge in [-0.25, -0.2) is 0 Å². The minimum atomic E-state index is -0.860. The summed E-state index contributed by atoms with van der Waals surface area (Å²) in [5.41, 5.74) is 0.667. The highest BCUT2D eigenvalue weighted by atomic mass is 16.4. The van der Waals surface area contributed by atoms with Gasteiger partial charge < -0.3 is 10.4 Å². The lowest BCUT2D eigenvalue weighted by molar-refractivity contribution is -0.139. The van der Waals surface area contributed by atoms with E-state index in [1.807, 2.05) is 32.0 Å². The number of aliphatic carboxylic acids is 1. The molecule has 4 nitrogen and oxygen atoms in total. The van der Waals surface area contributed by atoms with Crippen molar-refractivity contribution in [3.63, 3.8) is 0 Å². The molecule has 19 heavy (non-hydrogen) atoms. The summed E-state index contributed by atoms with van der Waals surface area (Å²) < 4.78 is 0. The van der Waals surface area contributed by atoms with Gasteiger partial charge in [0, 0.05) is 18.5 Å². The number of carboxylic acid groups (broad SMARTS) is 1. The first kappa shape index (κ1) is 15.4. The predicted molar refractivity (Wildman–Crippen MR) is 74.3 cm³/mol. The molecule has 104 valence electrons. The van der Waals surface area contributed by atoms with E-state index in [9.17, 15) is 9.59 Å². The number of benzene rings is 1. The van der Waals surface area contributed by atoms with Crippen molar-refractivity contribution >= 4 is 11.8 Å². The van der Waals surface area contributed by atoms with E-state index in [1.54, 1.807) is 12.1 Å². The first-order valence-electron chi connectivity index (χ1n) is 6.55. The van der Waals surface area contributed by atoms with E-state index in [-0.39, 0.29) is 5.78 Å². The number of hydrogen-bond donors (Lipinski definition) is 2. The van der Waals surface area contributed by atoms with Crippen molar-refractivity contribution in [3.8, 4) is 0 Å². The molecule has 0 fully saturated rings.